The first-order chi connectivity index (χ1) is 10.5. The number of carbonyl (C=O) groups is 2. The van der Waals surface area contributed by atoms with Crippen molar-refractivity contribution < 1.29 is 14.3 Å². The molecule has 0 radical (unpaired) electrons. The molecule has 2 aliphatic heterocycles. The number of carbonyl (C=O) groups excluding carboxylic acids is 2. The number of hydrogen-bond donors (Lipinski definition) is 0. The molecule has 6 heteroatoms. The van der Waals surface area contributed by atoms with E-state index in [1.807, 2.05) is 11.8 Å². The van der Waals surface area contributed by atoms with Crippen molar-refractivity contribution >= 4 is 23.6 Å². The number of nitrogens with zero attached hydrogens (tertiary/aromatic N) is 2. The van der Waals surface area contributed by atoms with E-state index in [9.17, 15) is 9.59 Å². The summed E-state index contributed by atoms with van der Waals surface area (Å²) in [5.74, 6) is 0.654. The molecule has 2 saturated heterocycles. The van der Waals surface area contributed by atoms with Gasteiger partial charge in [-0.25, -0.2) is 0 Å². The molecule has 126 valence electrons. The average Bonchev–Trinajstić information content (AvgIpc) is 2.85. The molecule has 0 spiro atoms. The second-order valence-electron chi connectivity index (χ2n) is 6.29. The molecule has 2 unspecified atom stereocenters. The Kier molecular flexibility index (Phi) is 6.15. The third-order valence-electron chi connectivity index (χ3n) is 4.75. The van der Waals surface area contributed by atoms with Gasteiger partial charge in [-0.1, -0.05) is 26.2 Å². The van der Waals surface area contributed by atoms with Crippen LogP contribution in [-0.4, -0.2) is 64.6 Å². The molecule has 0 N–H and O–H groups in total. The zero-order valence-electron chi connectivity index (χ0n) is 14.0. The number of hydrogen-bond acceptors (Lipinski definition) is 5. The molecule has 2 rings (SSSR count). The fourth-order valence-electron chi connectivity index (χ4n) is 3.49. The van der Waals surface area contributed by atoms with Gasteiger partial charge >= 0.3 is 5.97 Å². The van der Waals surface area contributed by atoms with E-state index < -0.39 is 0 Å². The SMILES string of the molecule is CCCCCC1(C)C2SCC(=O)N2CCN1CC(=O)OCC. The molecule has 0 aliphatic carbocycles. The molecule has 0 aromatic heterocycles. The van der Waals surface area contributed by atoms with Gasteiger partial charge in [0.15, 0.2) is 0 Å². The topological polar surface area (TPSA) is 49.9 Å². The number of rotatable bonds is 7. The Labute approximate surface area is 137 Å². The van der Waals surface area contributed by atoms with E-state index in [0.717, 1.165) is 25.9 Å². The minimum atomic E-state index is -0.160. The highest BCUT2D eigenvalue weighted by molar-refractivity contribution is 8.01. The maximum Gasteiger partial charge on any atom is 0.320 e. The van der Waals surface area contributed by atoms with Crippen LogP contribution >= 0.6 is 11.8 Å². The molecule has 1 amide bonds. The lowest BCUT2D eigenvalue weighted by molar-refractivity contribution is -0.149. The first-order valence-electron chi connectivity index (χ1n) is 8.34. The summed E-state index contributed by atoms with van der Waals surface area (Å²) in [5, 5.41) is 0.167. The molecule has 2 fully saturated rings. The van der Waals surface area contributed by atoms with E-state index >= 15 is 0 Å². The number of unbranched alkanes of at least 4 members (excludes halogenated alkanes) is 2. The van der Waals surface area contributed by atoms with Crippen molar-refractivity contribution in [3.05, 3.63) is 0 Å². The summed E-state index contributed by atoms with van der Waals surface area (Å²) in [7, 11) is 0. The van der Waals surface area contributed by atoms with Crippen molar-refractivity contribution in [2.75, 3.05) is 32.0 Å². The highest BCUT2D eigenvalue weighted by Gasteiger charge is 2.51. The summed E-state index contributed by atoms with van der Waals surface area (Å²) in [5.41, 5.74) is -0.142. The van der Waals surface area contributed by atoms with Gasteiger partial charge in [0, 0.05) is 18.6 Å². The molecule has 0 bridgehead atoms. The van der Waals surface area contributed by atoms with Crippen LogP contribution in [0.25, 0.3) is 0 Å². The Bertz CT molecular complexity index is 418. The third kappa shape index (κ3) is 3.59. The average molecular weight is 328 g/mol. The van der Waals surface area contributed by atoms with Crippen molar-refractivity contribution in [2.45, 2.75) is 57.4 Å². The zero-order valence-corrected chi connectivity index (χ0v) is 14.8. The second kappa shape index (κ2) is 7.68. The number of ether oxygens (including phenoxy) is 1. The Hall–Kier alpha value is -0.750. The number of thioether (sulfide) groups is 1. The first-order valence-corrected chi connectivity index (χ1v) is 9.39. The summed E-state index contributed by atoms with van der Waals surface area (Å²) in [6.07, 6.45) is 4.51. The number of piperazine rings is 1. The van der Waals surface area contributed by atoms with E-state index in [1.165, 1.54) is 12.8 Å². The van der Waals surface area contributed by atoms with Crippen molar-refractivity contribution in [1.82, 2.24) is 9.80 Å². The van der Waals surface area contributed by atoms with Gasteiger partial charge in [0.2, 0.25) is 5.91 Å². The summed E-state index contributed by atoms with van der Waals surface area (Å²) >= 11 is 1.73. The number of amides is 1. The van der Waals surface area contributed by atoms with Crippen LogP contribution < -0.4 is 0 Å². The van der Waals surface area contributed by atoms with Crippen LogP contribution in [0.5, 0.6) is 0 Å². The Balaban J connectivity index is 2.12. The molecular formula is C16H28N2O3S. The van der Waals surface area contributed by atoms with Gasteiger partial charge in [0.25, 0.3) is 0 Å². The van der Waals surface area contributed by atoms with E-state index in [0.29, 0.717) is 18.9 Å². The maximum absolute atomic E-state index is 12.1. The molecule has 2 aliphatic rings. The van der Waals surface area contributed by atoms with E-state index in [4.69, 9.17) is 4.74 Å². The van der Waals surface area contributed by atoms with Crippen LogP contribution in [0.4, 0.5) is 0 Å². The molecule has 22 heavy (non-hydrogen) atoms. The Morgan fingerprint density at radius 1 is 1.36 bits per heavy atom. The van der Waals surface area contributed by atoms with Crippen molar-refractivity contribution in [2.24, 2.45) is 0 Å². The predicted octanol–water partition coefficient (Wildman–Crippen LogP) is 2.11. The van der Waals surface area contributed by atoms with Crippen LogP contribution in [0.15, 0.2) is 0 Å². The van der Waals surface area contributed by atoms with Gasteiger partial charge in [-0.2, -0.15) is 0 Å². The fourth-order valence-corrected chi connectivity index (χ4v) is 4.98. The summed E-state index contributed by atoms with van der Waals surface area (Å²) in [6.45, 7) is 8.47. The minimum absolute atomic E-state index is 0.142. The van der Waals surface area contributed by atoms with Gasteiger partial charge in [0.05, 0.1) is 24.3 Å². The van der Waals surface area contributed by atoms with E-state index in [2.05, 4.69) is 18.7 Å². The maximum atomic E-state index is 12.1. The molecule has 0 aromatic carbocycles. The number of esters is 1. The molecule has 5 nitrogen and oxygen atoms in total. The zero-order chi connectivity index (χ0) is 16.2. The lowest BCUT2D eigenvalue weighted by Crippen LogP contribution is -2.65. The second-order valence-corrected chi connectivity index (χ2v) is 7.36. The monoisotopic (exact) mass is 328 g/mol. The normalized spacial score (nSPS) is 28.8. The number of fused-ring (bicyclic) bond motifs is 1. The van der Waals surface area contributed by atoms with Gasteiger partial charge in [-0.3, -0.25) is 14.5 Å². The lowest BCUT2D eigenvalue weighted by atomic mass is 9.89. The first kappa shape index (κ1) is 17.6. The van der Waals surface area contributed by atoms with Crippen LogP contribution in [-0.2, 0) is 14.3 Å². The quantitative estimate of drug-likeness (QED) is 0.529. The minimum Gasteiger partial charge on any atom is -0.465 e. The standard InChI is InChI=1S/C16H28N2O3S/c1-4-6-7-8-16(3)15-18(13(19)12-22-15)10-9-17(16)11-14(20)21-5-2/h15H,4-12H2,1-3H3. The summed E-state index contributed by atoms with van der Waals surface area (Å²) < 4.78 is 5.13. The van der Waals surface area contributed by atoms with Crippen molar-refractivity contribution in [3.8, 4) is 0 Å². The summed E-state index contributed by atoms with van der Waals surface area (Å²) in [6, 6.07) is 0. The van der Waals surface area contributed by atoms with Crippen LogP contribution in [0.2, 0.25) is 0 Å². The fraction of sp³-hybridized carbons (Fsp3) is 0.875. The van der Waals surface area contributed by atoms with Crippen LogP contribution in [0.1, 0.15) is 46.5 Å². The third-order valence-corrected chi connectivity index (χ3v) is 6.24. The van der Waals surface area contributed by atoms with Crippen LogP contribution in [0.3, 0.4) is 0 Å². The van der Waals surface area contributed by atoms with Gasteiger partial charge in [-0.15, -0.1) is 11.8 Å². The highest BCUT2D eigenvalue weighted by Crippen LogP contribution is 2.42. The molecular weight excluding hydrogens is 300 g/mol. The Morgan fingerprint density at radius 2 is 2.14 bits per heavy atom. The predicted molar refractivity (Wildman–Crippen MR) is 88.7 cm³/mol. The van der Waals surface area contributed by atoms with Crippen molar-refractivity contribution in [1.29, 1.82) is 0 Å². The van der Waals surface area contributed by atoms with Gasteiger partial charge < -0.3 is 9.64 Å². The lowest BCUT2D eigenvalue weighted by Gasteiger charge is -2.51. The van der Waals surface area contributed by atoms with E-state index in [1.54, 1.807) is 11.8 Å². The van der Waals surface area contributed by atoms with Crippen LogP contribution in [0, 0.1) is 0 Å². The highest BCUT2D eigenvalue weighted by atomic mass is 32.2. The Morgan fingerprint density at radius 3 is 2.82 bits per heavy atom. The molecule has 0 saturated carbocycles. The molecule has 2 heterocycles. The summed E-state index contributed by atoms with van der Waals surface area (Å²) in [4.78, 5) is 28.2. The van der Waals surface area contributed by atoms with E-state index in [-0.39, 0.29) is 22.8 Å². The molecule has 2 atom stereocenters. The van der Waals surface area contributed by atoms with Gasteiger partial charge in [0.1, 0.15) is 0 Å². The van der Waals surface area contributed by atoms with Crippen molar-refractivity contribution in [3.63, 3.8) is 0 Å². The molecule has 0 aromatic rings. The smallest absolute Gasteiger partial charge is 0.320 e. The van der Waals surface area contributed by atoms with Gasteiger partial charge in [-0.05, 0) is 20.3 Å². The largest absolute Gasteiger partial charge is 0.465 e.